The number of nitrogen functional groups attached to an aromatic ring is 1. The highest BCUT2D eigenvalue weighted by molar-refractivity contribution is 5.76. The summed E-state index contributed by atoms with van der Waals surface area (Å²) < 4.78 is 0. The molecule has 4 nitrogen and oxygen atoms in total. The van der Waals surface area contributed by atoms with E-state index in [1.807, 2.05) is 12.1 Å². The number of anilines is 1. The molecule has 0 aliphatic carbocycles. The fourth-order valence-corrected chi connectivity index (χ4v) is 2.62. The minimum Gasteiger partial charge on any atom is -0.382 e. The van der Waals surface area contributed by atoms with Crippen molar-refractivity contribution in [2.45, 2.75) is 45.4 Å². The Bertz CT molecular complexity index is 498. The van der Waals surface area contributed by atoms with Gasteiger partial charge in [0, 0.05) is 29.6 Å². The number of rotatable bonds is 6. The average Bonchev–Trinajstić information content (AvgIpc) is 2.81. The smallest absolute Gasteiger partial charge is 0.153 e. The number of aromatic amines is 1. The van der Waals surface area contributed by atoms with Gasteiger partial charge < -0.3 is 5.73 Å². The molecule has 2 aromatic rings. The molecule has 0 saturated heterocycles. The lowest BCUT2D eigenvalue weighted by atomic mass is 9.90. The third-order valence-corrected chi connectivity index (χ3v) is 3.47. The Labute approximate surface area is 114 Å². The van der Waals surface area contributed by atoms with Crippen molar-refractivity contribution >= 4 is 5.82 Å². The van der Waals surface area contributed by atoms with Crippen LogP contribution in [-0.2, 0) is 0 Å². The number of aromatic nitrogens is 3. The topological polar surface area (TPSA) is 67.6 Å². The highest BCUT2D eigenvalue weighted by atomic mass is 15.2. The molecular weight excluding hydrogens is 236 g/mol. The Hall–Kier alpha value is -1.84. The summed E-state index contributed by atoms with van der Waals surface area (Å²) in [5, 5.41) is 7.36. The second-order valence-corrected chi connectivity index (χ2v) is 4.91. The minimum absolute atomic E-state index is 0.503. The molecular formula is C15H22N4. The predicted octanol–water partition coefficient (Wildman–Crippen LogP) is 3.74. The third kappa shape index (κ3) is 2.95. The van der Waals surface area contributed by atoms with E-state index in [2.05, 4.69) is 29.0 Å². The van der Waals surface area contributed by atoms with Crippen molar-refractivity contribution < 1.29 is 0 Å². The predicted molar refractivity (Wildman–Crippen MR) is 78.8 cm³/mol. The zero-order valence-electron chi connectivity index (χ0n) is 11.7. The van der Waals surface area contributed by atoms with E-state index in [0.717, 1.165) is 24.0 Å². The molecule has 0 fully saturated rings. The van der Waals surface area contributed by atoms with Gasteiger partial charge in [-0.1, -0.05) is 26.7 Å². The van der Waals surface area contributed by atoms with Crippen molar-refractivity contribution in [2.75, 3.05) is 5.73 Å². The Morgan fingerprint density at radius 3 is 2.37 bits per heavy atom. The first-order chi connectivity index (χ1) is 9.27. The molecule has 19 heavy (non-hydrogen) atoms. The molecule has 4 heteroatoms. The first kappa shape index (κ1) is 13.6. The molecule has 2 rings (SSSR count). The summed E-state index contributed by atoms with van der Waals surface area (Å²) in [6.07, 6.45) is 8.24. The van der Waals surface area contributed by atoms with Gasteiger partial charge in [-0.25, -0.2) is 0 Å². The number of nitrogens with one attached hydrogen (secondary N) is 1. The maximum Gasteiger partial charge on any atom is 0.153 e. The van der Waals surface area contributed by atoms with E-state index in [-0.39, 0.29) is 0 Å². The van der Waals surface area contributed by atoms with Crippen LogP contribution in [0.15, 0.2) is 24.5 Å². The molecule has 0 bridgehead atoms. The fourth-order valence-electron chi connectivity index (χ4n) is 2.62. The van der Waals surface area contributed by atoms with E-state index < -0.39 is 0 Å². The molecule has 102 valence electrons. The van der Waals surface area contributed by atoms with Crippen LogP contribution in [0.25, 0.3) is 11.1 Å². The van der Waals surface area contributed by atoms with E-state index >= 15 is 0 Å². The van der Waals surface area contributed by atoms with Gasteiger partial charge in [0.1, 0.15) is 0 Å². The summed E-state index contributed by atoms with van der Waals surface area (Å²) in [6, 6.07) is 3.97. The molecule has 0 aliphatic heterocycles. The largest absolute Gasteiger partial charge is 0.382 e. The zero-order chi connectivity index (χ0) is 13.7. The van der Waals surface area contributed by atoms with Crippen LogP contribution in [0.2, 0.25) is 0 Å². The molecule has 3 N–H and O–H groups in total. The number of H-pyrrole nitrogens is 1. The van der Waals surface area contributed by atoms with Gasteiger partial charge in [0.05, 0.1) is 0 Å². The van der Waals surface area contributed by atoms with E-state index in [1.54, 1.807) is 12.4 Å². The van der Waals surface area contributed by atoms with Crippen LogP contribution in [0.5, 0.6) is 0 Å². The van der Waals surface area contributed by atoms with Crippen molar-refractivity contribution in [1.82, 2.24) is 15.2 Å². The monoisotopic (exact) mass is 258 g/mol. The Balaban J connectivity index is 2.41. The number of pyridine rings is 1. The van der Waals surface area contributed by atoms with Crippen LogP contribution < -0.4 is 5.73 Å². The highest BCUT2D eigenvalue weighted by Gasteiger charge is 2.20. The van der Waals surface area contributed by atoms with Crippen molar-refractivity contribution in [2.24, 2.45) is 0 Å². The van der Waals surface area contributed by atoms with E-state index in [1.165, 1.54) is 18.5 Å². The molecule has 2 heterocycles. The van der Waals surface area contributed by atoms with Crippen molar-refractivity contribution in [3.8, 4) is 11.1 Å². The Morgan fingerprint density at radius 1 is 1.16 bits per heavy atom. The summed E-state index contributed by atoms with van der Waals surface area (Å²) in [7, 11) is 0. The first-order valence-electron chi connectivity index (χ1n) is 7.02. The third-order valence-electron chi connectivity index (χ3n) is 3.47. The molecule has 0 aromatic carbocycles. The van der Waals surface area contributed by atoms with Gasteiger partial charge in [-0.2, -0.15) is 5.10 Å². The molecule has 0 spiro atoms. The number of nitrogens with zero attached hydrogens (tertiary/aromatic N) is 2. The van der Waals surface area contributed by atoms with Crippen LogP contribution in [0.4, 0.5) is 5.82 Å². The van der Waals surface area contributed by atoms with E-state index in [4.69, 9.17) is 5.73 Å². The quantitative estimate of drug-likeness (QED) is 0.829. The highest BCUT2D eigenvalue weighted by Crippen LogP contribution is 2.36. The van der Waals surface area contributed by atoms with Crippen LogP contribution in [0, 0.1) is 0 Å². The van der Waals surface area contributed by atoms with Gasteiger partial charge in [0.25, 0.3) is 0 Å². The SMILES string of the molecule is CCCC(CCC)c1[nH]nc(N)c1-c1ccncc1. The van der Waals surface area contributed by atoms with Gasteiger partial charge in [0.2, 0.25) is 0 Å². The standard InChI is InChI=1S/C15H22N4/c1-3-5-12(6-4-2)14-13(15(16)19-18-14)11-7-9-17-10-8-11/h7-10,12H,3-6H2,1-2H3,(H3,16,18,19). The number of hydrogen-bond acceptors (Lipinski definition) is 3. The van der Waals surface area contributed by atoms with Gasteiger partial charge >= 0.3 is 0 Å². The van der Waals surface area contributed by atoms with Gasteiger partial charge in [-0.05, 0) is 30.5 Å². The normalized spacial score (nSPS) is 11.1. The lowest BCUT2D eigenvalue weighted by molar-refractivity contribution is 0.548. The van der Waals surface area contributed by atoms with Crippen LogP contribution in [0.3, 0.4) is 0 Å². The van der Waals surface area contributed by atoms with Crippen LogP contribution >= 0.6 is 0 Å². The average molecular weight is 258 g/mol. The van der Waals surface area contributed by atoms with Gasteiger partial charge in [-0.15, -0.1) is 0 Å². The van der Waals surface area contributed by atoms with Crippen molar-refractivity contribution in [3.63, 3.8) is 0 Å². The van der Waals surface area contributed by atoms with E-state index in [9.17, 15) is 0 Å². The molecule has 0 aliphatic rings. The molecule has 0 atom stereocenters. The van der Waals surface area contributed by atoms with Crippen molar-refractivity contribution in [1.29, 1.82) is 0 Å². The zero-order valence-corrected chi connectivity index (χ0v) is 11.7. The maximum absolute atomic E-state index is 6.04. The van der Waals surface area contributed by atoms with E-state index in [0.29, 0.717) is 11.7 Å². The first-order valence-corrected chi connectivity index (χ1v) is 7.02. The Kier molecular flexibility index (Phi) is 4.55. The summed E-state index contributed by atoms with van der Waals surface area (Å²) in [5.74, 6) is 1.08. The van der Waals surface area contributed by atoms with Crippen LogP contribution in [0.1, 0.15) is 51.1 Å². The minimum atomic E-state index is 0.503. The molecule has 0 amide bonds. The summed E-state index contributed by atoms with van der Waals surface area (Å²) in [5.41, 5.74) is 9.36. The second kappa shape index (κ2) is 6.36. The fraction of sp³-hybridized carbons (Fsp3) is 0.467. The maximum atomic E-state index is 6.04. The summed E-state index contributed by atoms with van der Waals surface area (Å²) in [4.78, 5) is 4.06. The molecule has 0 radical (unpaired) electrons. The molecule has 0 saturated carbocycles. The van der Waals surface area contributed by atoms with Gasteiger partial charge in [-0.3, -0.25) is 10.1 Å². The lowest BCUT2D eigenvalue weighted by Crippen LogP contribution is -2.01. The number of nitrogens with two attached hydrogens (primary N) is 1. The van der Waals surface area contributed by atoms with Crippen LogP contribution in [-0.4, -0.2) is 15.2 Å². The molecule has 0 unspecified atom stereocenters. The molecule has 2 aromatic heterocycles. The second-order valence-electron chi connectivity index (χ2n) is 4.91. The summed E-state index contributed by atoms with van der Waals surface area (Å²) in [6.45, 7) is 4.43. The number of hydrogen-bond donors (Lipinski definition) is 2. The van der Waals surface area contributed by atoms with Crippen molar-refractivity contribution in [3.05, 3.63) is 30.2 Å². The Morgan fingerprint density at radius 2 is 1.79 bits per heavy atom. The van der Waals surface area contributed by atoms with Gasteiger partial charge in [0.15, 0.2) is 5.82 Å². The lowest BCUT2D eigenvalue weighted by Gasteiger charge is -2.15. The summed E-state index contributed by atoms with van der Waals surface area (Å²) >= 11 is 0.